The van der Waals surface area contributed by atoms with Crippen LogP contribution in [-0.4, -0.2) is 82.1 Å². The van der Waals surface area contributed by atoms with E-state index in [2.05, 4.69) is 26.1 Å². The number of hydrogen-bond acceptors (Lipinski definition) is 9. The van der Waals surface area contributed by atoms with Crippen molar-refractivity contribution in [3.8, 4) is 11.5 Å². The van der Waals surface area contributed by atoms with Gasteiger partial charge in [0.15, 0.2) is 32.9 Å². The molecule has 0 spiro atoms. The zero-order valence-electron chi connectivity index (χ0n) is 42.3. The molecule has 1 heterocycles. The molecule has 1 unspecified atom stereocenters. The first-order chi connectivity index (χ1) is 30.9. The van der Waals surface area contributed by atoms with Gasteiger partial charge < -0.3 is 38.5 Å². The van der Waals surface area contributed by atoms with E-state index in [-0.39, 0.29) is 18.1 Å². The number of ether oxygens (including phenoxy) is 5. The van der Waals surface area contributed by atoms with Crippen LogP contribution in [0.15, 0.2) is 18.2 Å². The zero-order valence-corrected chi connectivity index (χ0v) is 43.5. The summed E-state index contributed by atoms with van der Waals surface area (Å²) in [6.45, 7) is 17.7. The van der Waals surface area contributed by atoms with Crippen LogP contribution in [0, 0.1) is 0 Å². The number of nitrogens with one attached hydrogen (secondary N) is 1. The van der Waals surface area contributed by atoms with Gasteiger partial charge in [-0.2, -0.15) is 0 Å². The van der Waals surface area contributed by atoms with E-state index in [0.29, 0.717) is 31.1 Å². The number of hydrogen-bond donors (Lipinski definition) is 2. The third-order valence-electron chi connectivity index (χ3n) is 12.0. The Hall–Kier alpha value is -2.18. The molecule has 372 valence electrons. The van der Waals surface area contributed by atoms with Crippen LogP contribution in [0.4, 0.5) is 0 Å². The van der Waals surface area contributed by atoms with Crippen LogP contribution >= 0.6 is 0 Å². The van der Waals surface area contributed by atoms with E-state index in [1.54, 1.807) is 18.2 Å². The van der Waals surface area contributed by atoms with E-state index >= 15 is 0 Å². The minimum Gasteiger partial charge on any atom is -0.490 e. The third-order valence-corrected chi connectivity index (χ3v) is 12.8. The molecule has 64 heavy (non-hydrogen) atoms. The molecule has 10 nitrogen and oxygen atoms in total. The second-order valence-electron chi connectivity index (χ2n) is 19.7. The molecule has 1 aliphatic heterocycles. The van der Waals surface area contributed by atoms with Gasteiger partial charge in [-0.15, -0.1) is 0 Å². The molecule has 1 saturated heterocycles. The van der Waals surface area contributed by atoms with Crippen molar-refractivity contribution in [1.82, 2.24) is 5.32 Å². The van der Waals surface area contributed by atoms with Gasteiger partial charge in [0.05, 0.1) is 31.0 Å². The molecule has 0 bridgehead atoms. The van der Waals surface area contributed by atoms with Gasteiger partial charge >= 0.3 is 5.97 Å². The molecule has 0 radical (unpaired) electrons. The number of benzene rings is 1. The highest BCUT2D eigenvalue weighted by molar-refractivity contribution is 6.48. The van der Waals surface area contributed by atoms with Gasteiger partial charge in [0.2, 0.25) is 5.91 Å². The number of carbonyl (C=O) groups excluding carboxylic acids is 2. The molecule has 0 aliphatic carbocycles. The van der Waals surface area contributed by atoms with Crippen LogP contribution < -0.4 is 14.8 Å². The molecular weight excluding hydrogens is 823 g/mol. The molecule has 11 heteroatoms. The second kappa shape index (κ2) is 35.9. The Morgan fingerprint density at radius 1 is 0.656 bits per heavy atom. The maximum absolute atomic E-state index is 14.2. The molecule has 0 saturated carbocycles. The SMILES string of the molecule is CCCCCCCCCCCCCC(=O)N[C@H]1C(O[SiH](C)C)O[C@H](COC(C)(C)C)[C@@H](O)[C@@H]1OC(=O)c1ccc(OCCCCCCCCCC)c(OCCCCCCCCCC)c1. The van der Waals surface area contributed by atoms with Crippen molar-refractivity contribution >= 4 is 20.9 Å². The number of carbonyl (C=O) groups is 2. The van der Waals surface area contributed by atoms with Crippen molar-refractivity contribution < 1.29 is 42.8 Å². The molecule has 5 atom stereocenters. The molecule has 2 N–H and O–H groups in total. The van der Waals surface area contributed by atoms with Gasteiger partial charge in [-0.25, -0.2) is 4.79 Å². The number of aliphatic hydroxyl groups excluding tert-OH is 1. The lowest BCUT2D eigenvalue weighted by Crippen LogP contribution is -2.66. The monoisotopic (exact) mass is 920 g/mol. The lowest BCUT2D eigenvalue weighted by molar-refractivity contribution is -0.254. The summed E-state index contributed by atoms with van der Waals surface area (Å²) in [5, 5.41) is 14.9. The van der Waals surface area contributed by atoms with Crippen molar-refractivity contribution in [2.24, 2.45) is 0 Å². The van der Waals surface area contributed by atoms with Crippen molar-refractivity contribution in [3.63, 3.8) is 0 Å². The first kappa shape index (κ1) is 57.9. The predicted molar refractivity (Wildman–Crippen MR) is 265 cm³/mol. The Morgan fingerprint density at radius 2 is 1.11 bits per heavy atom. The fraction of sp³-hybridized carbons (Fsp3) is 0.849. The lowest BCUT2D eigenvalue weighted by atomic mass is 9.96. The van der Waals surface area contributed by atoms with Crippen LogP contribution in [-0.2, 0) is 23.4 Å². The molecule has 1 aliphatic rings. The Labute approximate surface area is 393 Å². The quantitative estimate of drug-likeness (QED) is 0.0378. The number of esters is 1. The topological polar surface area (TPSA) is 122 Å². The summed E-state index contributed by atoms with van der Waals surface area (Å²) >= 11 is 0. The summed E-state index contributed by atoms with van der Waals surface area (Å²) in [7, 11) is -1.73. The van der Waals surface area contributed by atoms with E-state index in [1.165, 1.54) is 128 Å². The van der Waals surface area contributed by atoms with Crippen LogP contribution in [0.3, 0.4) is 0 Å². The first-order valence-corrected chi connectivity index (χ1v) is 29.2. The summed E-state index contributed by atoms with van der Waals surface area (Å²) in [6, 6.07) is 4.24. The van der Waals surface area contributed by atoms with Gasteiger partial charge in [0, 0.05) is 6.42 Å². The van der Waals surface area contributed by atoms with Crippen molar-refractivity contribution in [2.45, 2.75) is 271 Å². The summed E-state index contributed by atoms with van der Waals surface area (Å²) in [4.78, 5) is 27.8. The van der Waals surface area contributed by atoms with Crippen LogP contribution in [0.5, 0.6) is 11.5 Å². The summed E-state index contributed by atoms with van der Waals surface area (Å²) in [6.07, 6.45) is 28.4. The van der Waals surface area contributed by atoms with Gasteiger partial charge in [-0.05, 0) is 71.3 Å². The Kier molecular flexibility index (Phi) is 32.5. The third kappa shape index (κ3) is 26.8. The van der Waals surface area contributed by atoms with E-state index < -0.39 is 51.3 Å². The van der Waals surface area contributed by atoms with E-state index in [1.807, 2.05) is 33.9 Å². The standard InChI is InChI=1S/C53H97NO9Si/c1-9-12-15-18-21-24-25-26-27-30-33-36-47(55)54-48-50(49(56)46(42-60-53(4,5)6)61-52(48)63-64(7)8)62-51(57)43-37-38-44(58-39-34-31-28-22-19-16-13-10-2)45(41-43)59-40-35-32-29-23-20-17-14-11-3/h37-38,41,46,48-50,52,56,64H,9-36,39-40,42H2,1-8H3,(H,54,55)/t46-,48-,49-,50-,52?/m1/s1. The normalized spacial score (nSPS) is 18.9. The Bertz CT molecular complexity index is 1320. The number of unbranched alkanes of at least 4 members (excludes halogenated alkanes) is 24. The highest BCUT2D eigenvalue weighted by Gasteiger charge is 2.49. The summed E-state index contributed by atoms with van der Waals surface area (Å²) in [5.41, 5.74) is -0.227. The largest absolute Gasteiger partial charge is 0.490 e. The fourth-order valence-electron chi connectivity index (χ4n) is 8.17. The smallest absolute Gasteiger partial charge is 0.338 e. The number of aliphatic hydroxyl groups is 1. The highest BCUT2D eigenvalue weighted by atomic mass is 28.3. The van der Waals surface area contributed by atoms with Crippen molar-refractivity contribution in [2.75, 3.05) is 19.8 Å². The van der Waals surface area contributed by atoms with Gasteiger partial charge in [-0.3, -0.25) is 4.79 Å². The molecule has 1 amide bonds. The van der Waals surface area contributed by atoms with Gasteiger partial charge in [-0.1, -0.05) is 175 Å². The maximum atomic E-state index is 14.2. The number of amides is 1. The van der Waals surface area contributed by atoms with Gasteiger partial charge in [0.1, 0.15) is 18.2 Å². The van der Waals surface area contributed by atoms with Crippen LogP contribution in [0.1, 0.15) is 232 Å². The molecule has 1 aromatic rings. The Morgan fingerprint density at radius 3 is 1.58 bits per heavy atom. The molecule has 1 aromatic carbocycles. The van der Waals surface area contributed by atoms with Gasteiger partial charge in [0.25, 0.3) is 0 Å². The summed E-state index contributed by atoms with van der Waals surface area (Å²) in [5.74, 6) is 0.284. The number of rotatable bonds is 39. The van der Waals surface area contributed by atoms with Crippen LogP contribution in [0.2, 0.25) is 13.1 Å². The fourth-order valence-corrected chi connectivity index (χ4v) is 8.94. The maximum Gasteiger partial charge on any atom is 0.338 e. The molecule has 0 aromatic heterocycles. The minimum absolute atomic E-state index is 0.0548. The average Bonchev–Trinajstić information content (AvgIpc) is 3.25. The summed E-state index contributed by atoms with van der Waals surface area (Å²) < 4.78 is 37.6. The first-order valence-electron chi connectivity index (χ1n) is 26.4. The average molecular weight is 920 g/mol. The predicted octanol–water partition coefficient (Wildman–Crippen LogP) is 13.3. The van der Waals surface area contributed by atoms with Crippen molar-refractivity contribution in [1.29, 1.82) is 0 Å². The van der Waals surface area contributed by atoms with E-state index in [0.717, 1.165) is 44.9 Å². The van der Waals surface area contributed by atoms with E-state index in [9.17, 15) is 14.7 Å². The Balaban J connectivity index is 2.20. The molecule has 2 rings (SSSR count). The second-order valence-corrected chi connectivity index (χ2v) is 22.1. The minimum atomic E-state index is -1.73. The lowest BCUT2D eigenvalue weighted by Gasteiger charge is -2.45. The van der Waals surface area contributed by atoms with E-state index in [4.69, 9.17) is 28.1 Å². The molecular formula is C53H97NO9Si. The van der Waals surface area contributed by atoms with Crippen molar-refractivity contribution in [3.05, 3.63) is 23.8 Å². The van der Waals surface area contributed by atoms with Crippen LogP contribution in [0.25, 0.3) is 0 Å². The zero-order chi connectivity index (χ0) is 46.8. The highest BCUT2D eigenvalue weighted by Crippen LogP contribution is 2.32. The molecule has 1 fully saturated rings.